The monoisotopic (exact) mass is 394 g/mol. The third-order valence-corrected chi connectivity index (χ3v) is 5.60. The summed E-state index contributed by atoms with van der Waals surface area (Å²) in [7, 11) is 0. The highest BCUT2D eigenvalue weighted by Gasteiger charge is 2.59. The molecule has 1 aromatic rings. The van der Waals surface area contributed by atoms with E-state index in [2.05, 4.69) is 5.32 Å². The van der Waals surface area contributed by atoms with Crippen LogP contribution in [0.3, 0.4) is 0 Å². The number of rotatable bonds is 5. The van der Waals surface area contributed by atoms with Gasteiger partial charge in [0, 0.05) is 38.1 Å². The average molecular weight is 394 g/mol. The van der Waals surface area contributed by atoms with Crippen molar-refractivity contribution < 1.29 is 27.9 Å². The first-order valence-corrected chi connectivity index (χ1v) is 9.02. The number of ether oxygens (including phenoxy) is 1. The molecule has 8 nitrogen and oxygen atoms in total. The van der Waals surface area contributed by atoms with Crippen molar-refractivity contribution >= 4 is 29.3 Å². The molecule has 3 amide bonds. The molecule has 10 heteroatoms. The van der Waals surface area contributed by atoms with Crippen molar-refractivity contribution in [2.24, 2.45) is 23.5 Å². The van der Waals surface area contributed by atoms with E-state index in [4.69, 9.17) is 10.5 Å². The zero-order valence-electron chi connectivity index (χ0n) is 15.2. The van der Waals surface area contributed by atoms with Gasteiger partial charge in [0.15, 0.2) is 11.6 Å². The van der Waals surface area contributed by atoms with Crippen molar-refractivity contribution in [2.75, 3.05) is 36.0 Å². The van der Waals surface area contributed by atoms with Crippen LogP contribution in [0.1, 0.15) is 6.92 Å². The third-order valence-electron chi connectivity index (χ3n) is 5.60. The molecule has 150 valence electrons. The number of halogens is 2. The van der Waals surface area contributed by atoms with Crippen LogP contribution < -0.4 is 20.9 Å². The van der Waals surface area contributed by atoms with Crippen molar-refractivity contribution in [3.8, 4) is 0 Å². The number of carbonyl (C=O) groups is 3. The number of nitrogens with one attached hydrogen (secondary N) is 1. The maximum atomic E-state index is 14.7. The molecule has 1 aromatic carbocycles. The van der Waals surface area contributed by atoms with E-state index in [0.717, 1.165) is 17.0 Å². The van der Waals surface area contributed by atoms with Crippen molar-refractivity contribution in [2.45, 2.75) is 13.0 Å². The topological polar surface area (TPSA) is 105 Å². The van der Waals surface area contributed by atoms with E-state index in [1.165, 1.54) is 6.92 Å². The van der Waals surface area contributed by atoms with Gasteiger partial charge in [0.1, 0.15) is 11.8 Å². The molecule has 1 saturated carbocycles. The Labute approximate surface area is 159 Å². The van der Waals surface area contributed by atoms with Gasteiger partial charge in [-0.15, -0.1) is 0 Å². The van der Waals surface area contributed by atoms with E-state index in [0.29, 0.717) is 13.1 Å². The molecule has 2 saturated heterocycles. The summed E-state index contributed by atoms with van der Waals surface area (Å²) in [5, 5.41) is 2.54. The zero-order valence-corrected chi connectivity index (χ0v) is 15.2. The number of fused-ring (bicyclic) bond motifs is 1. The van der Waals surface area contributed by atoms with Crippen LogP contribution in [0.5, 0.6) is 0 Å². The first kappa shape index (κ1) is 18.5. The summed E-state index contributed by atoms with van der Waals surface area (Å²) in [4.78, 5) is 37.0. The number of cyclic esters (lactones) is 1. The van der Waals surface area contributed by atoms with Crippen molar-refractivity contribution in [3.05, 3.63) is 23.8 Å². The van der Waals surface area contributed by atoms with E-state index in [1.807, 2.05) is 0 Å². The Morgan fingerprint density at radius 1 is 1.21 bits per heavy atom. The lowest BCUT2D eigenvalue weighted by molar-refractivity contribution is -0.120. The lowest BCUT2D eigenvalue weighted by atomic mass is 10.2. The Bertz CT molecular complexity index is 829. The highest BCUT2D eigenvalue weighted by Crippen LogP contribution is 2.53. The lowest BCUT2D eigenvalue weighted by Gasteiger charge is -2.24. The zero-order chi connectivity index (χ0) is 20.2. The maximum absolute atomic E-state index is 14.7. The first-order valence-electron chi connectivity index (χ1n) is 9.02. The van der Waals surface area contributed by atoms with Gasteiger partial charge in [0.05, 0.1) is 18.8 Å². The van der Waals surface area contributed by atoms with Crippen LogP contribution >= 0.6 is 0 Å². The maximum Gasteiger partial charge on any atom is 0.414 e. The molecule has 3 aliphatic rings. The Hall–Kier alpha value is -2.91. The molecule has 0 aromatic heterocycles. The van der Waals surface area contributed by atoms with Gasteiger partial charge >= 0.3 is 6.09 Å². The second-order valence-corrected chi connectivity index (χ2v) is 7.47. The molecule has 1 aliphatic carbocycles. The number of hydrogen-bond acceptors (Lipinski definition) is 5. The summed E-state index contributed by atoms with van der Waals surface area (Å²) in [5.41, 5.74) is 5.19. The van der Waals surface area contributed by atoms with Gasteiger partial charge in [-0.3, -0.25) is 14.5 Å². The van der Waals surface area contributed by atoms with Crippen molar-refractivity contribution in [1.82, 2.24) is 5.32 Å². The molecule has 2 heterocycles. The fourth-order valence-electron chi connectivity index (χ4n) is 4.24. The Morgan fingerprint density at radius 2 is 1.82 bits per heavy atom. The van der Waals surface area contributed by atoms with Gasteiger partial charge < -0.3 is 20.7 Å². The third kappa shape index (κ3) is 3.12. The van der Waals surface area contributed by atoms with Crippen molar-refractivity contribution in [3.63, 3.8) is 0 Å². The van der Waals surface area contributed by atoms with Crippen LogP contribution in [0.25, 0.3) is 0 Å². The normalized spacial score (nSPS) is 28.2. The van der Waals surface area contributed by atoms with Crippen LogP contribution in [0.4, 0.5) is 25.0 Å². The summed E-state index contributed by atoms with van der Waals surface area (Å²) in [6.07, 6.45) is -1.33. The number of carbonyl (C=O) groups excluding carboxylic acids is 3. The quantitative estimate of drug-likeness (QED) is 0.761. The molecule has 4 atom stereocenters. The highest BCUT2D eigenvalue weighted by atomic mass is 19.1. The number of nitrogens with zero attached hydrogens (tertiary/aromatic N) is 2. The van der Waals surface area contributed by atoms with Gasteiger partial charge in [0.25, 0.3) is 0 Å². The summed E-state index contributed by atoms with van der Waals surface area (Å²) in [5.74, 6) is -2.33. The number of amides is 3. The van der Waals surface area contributed by atoms with Crippen LogP contribution in [0.2, 0.25) is 0 Å². The van der Waals surface area contributed by atoms with Crippen LogP contribution in [0.15, 0.2) is 12.1 Å². The molecule has 0 radical (unpaired) electrons. The Morgan fingerprint density at radius 3 is 2.36 bits per heavy atom. The van der Waals surface area contributed by atoms with E-state index >= 15 is 0 Å². The van der Waals surface area contributed by atoms with Gasteiger partial charge in [-0.25, -0.2) is 13.6 Å². The summed E-state index contributed by atoms with van der Waals surface area (Å²) < 4.78 is 34.5. The second kappa shape index (κ2) is 6.61. The highest BCUT2D eigenvalue weighted by molar-refractivity contribution is 5.90. The summed E-state index contributed by atoms with van der Waals surface area (Å²) in [6, 6.07) is 2.19. The lowest BCUT2D eigenvalue weighted by Crippen LogP contribution is -2.33. The van der Waals surface area contributed by atoms with Crippen LogP contribution in [0, 0.1) is 29.4 Å². The molecule has 3 N–H and O–H groups in total. The SMILES string of the molecule is CC(=O)NC[C@H]1CN(c2cc(F)c(N3C[C@@H]4C(C(N)=O)[C@@H]4C3)c(F)c2)C(=O)O1. The smallest absolute Gasteiger partial charge is 0.414 e. The van der Waals surface area contributed by atoms with Crippen LogP contribution in [-0.4, -0.2) is 50.2 Å². The number of hydrogen-bond donors (Lipinski definition) is 2. The van der Waals surface area contributed by atoms with E-state index in [9.17, 15) is 23.2 Å². The number of nitrogens with two attached hydrogens (primary N) is 1. The molecular formula is C18H20F2N4O4. The molecule has 28 heavy (non-hydrogen) atoms. The molecule has 0 spiro atoms. The first-order chi connectivity index (χ1) is 13.3. The molecule has 4 rings (SSSR count). The fourth-order valence-corrected chi connectivity index (χ4v) is 4.24. The predicted molar refractivity (Wildman–Crippen MR) is 94.5 cm³/mol. The number of anilines is 2. The van der Waals surface area contributed by atoms with E-state index in [1.54, 1.807) is 4.90 Å². The largest absolute Gasteiger partial charge is 0.442 e. The minimum Gasteiger partial charge on any atom is -0.442 e. The average Bonchev–Trinajstić information content (AvgIpc) is 2.94. The fraction of sp³-hybridized carbons (Fsp3) is 0.500. The number of benzene rings is 1. The standard InChI is InChI=1S/C18H20F2N4O4/c1-8(25)22-4-10-5-24(18(27)28-10)9-2-13(19)16(14(20)3-9)23-6-11-12(7-23)15(11)17(21)26/h2-3,10-12,15H,4-7H2,1H3,(H2,21,26)(H,22,25)/t10-,11-,12+,15?/m0/s1. The van der Waals surface area contributed by atoms with E-state index in [-0.39, 0.29) is 54.0 Å². The molecule has 1 unspecified atom stereocenters. The second-order valence-electron chi connectivity index (χ2n) is 7.47. The molecule has 0 bridgehead atoms. The molecule has 3 fully saturated rings. The summed E-state index contributed by atoms with van der Waals surface area (Å²) >= 11 is 0. The molecule has 2 aliphatic heterocycles. The van der Waals surface area contributed by atoms with Crippen molar-refractivity contribution in [1.29, 1.82) is 0 Å². The van der Waals surface area contributed by atoms with Gasteiger partial charge in [-0.1, -0.05) is 0 Å². The Kier molecular flexibility index (Phi) is 4.35. The minimum absolute atomic E-state index is 0.0408. The molecular weight excluding hydrogens is 374 g/mol. The number of primary amides is 1. The van der Waals surface area contributed by atoms with E-state index < -0.39 is 23.8 Å². The minimum atomic E-state index is -0.787. The number of piperidine rings is 1. The van der Waals surface area contributed by atoms with Gasteiger partial charge in [-0.05, 0) is 11.8 Å². The van der Waals surface area contributed by atoms with Gasteiger partial charge in [-0.2, -0.15) is 0 Å². The van der Waals surface area contributed by atoms with Crippen LogP contribution in [-0.2, 0) is 14.3 Å². The Balaban J connectivity index is 1.47. The van der Waals surface area contributed by atoms with Gasteiger partial charge in [0.2, 0.25) is 11.8 Å². The summed E-state index contributed by atoms with van der Waals surface area (Å²) in [6.45, 7) is 2.28. The predicted octanol–water partition coefficient (Wildman–Crippen LogP) is 0.594.